The summed E-state index contributed by atoms with van der Waals surface area (Å²) < 4.78 is 10.2. The molecule has 7 aromatic heterocycles. The van der Waals surface area contributed by atoms with E-state index < -0.39 is 0 Å². The third-order valence-corrected chi connectivity index (χ3v) is 8.38. The lowest BCUT2D eigenvalue weighted by molar-refractivity contribution is 0.669. The van der Waals surface area contributed by atoms with Crippen LogP contribution in [0.2, 0.25) is 0 Å². The predicted molar refractivity (Wildman–Crippen MR) is 175 cm³/mol. The molecule has 0 aliphatic heterocycles. The van der Waals surface area contributed by atoms with Crippen molar-refractivity contribution in [3.8, 4) is 23.3 Å². The van der Waals surface area contributed by atoms with E-state index in [1.54, 1.807) is 18.6 Å². The molecule has 10 aromatic rings. The van der Waals surface area contributed by atoms with E-state index in [0.717, 1.165) is 60.2 Å². The zero-order valence-corrected chi connectivity index (χ0v) is 23.5. The molecule has 7 heterocycles. The normalized spacial score (nSPS) is 12.0. The van der Waals surface area contributed by atoms with Crippen LogP contribution in [0.3, 0.4) is 0 Å². The Balaban J connectivity index is 1.36. The average molecular weight is 581 g/mol. The molecule has 0 spiro atoms. The second-order valence-electron chi connectivity index (χ2n) is 10.8. The lowest BCUT2D eigenvalue weighted by Crippen LogP contribution is -2.11. The molecule has 9 heteroatoms. The van der Waals surface area contributed by atoms with Gasteiger partial charge in [-0.2, -0.15) is 15.0 Å². The summed E-state index contributed by atoms with van der Waals surface area (Å²) in [4.78, 5) is 29.7. The van der Waals surface area contributed by atoms with Gasteiger partial charge in [0.2, 0.25) is 11.9 Å². The maximum Gasteiger partial charge on any atom is 0.242 e. The molecular formula is C36H20N8O. The van der Waals surface area contributed by atoms with E-state index in [4.69, 9.17) is 34.3 Å². The minimum absolute atomic E-state index is 0.402. The molecule has 0 aliphatic rings. The summed E-state index contributed by atoms with van der Waals surface area (Å²) in [5, 5.41) is 5.93. The van der Waals surface area contributed by atoms with Crippen LogP contribution in [-0.4, -0.2) is 39.0 Å². The number of para-hydroxylation sites is 2. The fourth-order valence-corrected chi connectivity index (χ4v) is 6.49. The first-order valence-corrected chi connectivity index (χ1v) is 14.6. The first kappa shape index (κ1) is 24.0. The molecule has 0 amide bonds. The second kappa shape index (κ2) is 9.01. The highest BCUT2D eigenvalue weighted by atomic mass is 16.3. The van der Waals surface area contributed by atoms with Gasteiger partial charge in [-0.05, 0) is 54.6 Å². The molecule has 0 saturated heterocycles. The average Bonchev–Trinajstić information content (AvgIpc) is 3.76. The Morgan fingerprint density at radius 3 is 1.73 bits per heavy atom. The van der Waals surface area contributed by atoms with E-state index in [-0.39, 0.29) is 0 Å². The Labute approximate surface area is 254 Å². The molecule has 0 fully saturated rings. The Bertz CT molecular complexity index is 2550. The largest absolute Gasteiger partial charge is 0.456 e. The summed E-state index contributed by atoms with van der Waals surface area (Å²) in [5.74, 6) is 1.33. The lowest BCUT2D eigenvalue weighted by Gasteiger charge is -2.12. The molecular weight excluding hydrogens is 560 g/mol. The molecule has 210 valence electrons. The molecule has 0 bridgehead atoms. The summed E-state index contributed by atoms with van der Waals surface area (Å²) in [6.45, 7) is 0. The molecule has 0 N–H and O–H groups in total. The van der Waals surface area contributed by atoms with Gasteiger partial charge in [-0.15, -0.1) is 0 Å². The van der Waals surface area contributed by atoms with Crippen molar-refractivity contribution < 1.29 is 4.42 Å². The van der Waals surface area contributed by atoms with Gasteiger partial charge in [0.25, 0.3) is 0 Å². The van der Waals surface area contributed by atoms with Crippen molar-refractivity contribution in [2.24, 2.45) is 0 Å². The summed E-state index contributed by atoms with van der Waals surface area (Å²) in [7, 11) is 0. The smallest absolute Gasteiger partial charge is 0.242 e. The Morgan fingerprint density at radius 1 is 0.444 bits per heavy atom. The van der Waals surface area contributed by atoms with Gasteiger partial charge in [-0.25, -0.2) is 19.5 Å². The third kappa shape index (κ3) is 3.37. The summed E-state index contributed by atoms with van der Waals surface area (Å²) in [6, 6.07) is 34.2. The molecule has 0 atom stereocenters. The van der Waals surface area contributed by atoms with E-state index >= 15 is 0 Å². The topological polar surface area (TPSA) is 100 Å². The van der Waals surface area contributed by atoms with Gasteiger partial charge in [0, 0.05) is 56.5 Å². The van der Waals surface area contributed by atoms with Crippen molar-refractivity contribution >= 4 is 65.9 Å². The van der Waals surface area contributed by atoms with Crippen molar-refractivity contribution in [2.45, 2.75) is 0 Å². The molecule has 0 unspecified atom stereocenters. The highest BCUT2D eigenvalue weighted by molar-refractivity contribution is 6.12. The van der Waals surface area contributed by atoms with Gasteiger partial charge in [-0.1, -0.05) is 48.5 Å². The van der Waals surface area contributed by atoms with Gasteiger partial charge in [0.15, 0.2) is 5.82 Å². The zero-order chi connectivity index (χ0) is 29.5. The van der Waals surface area contributed by atoms with E-state index in [9.17, 15) is 0 Å². The molecule has 10 rings (SSSR count). The van der Waals surface area contributed by atoms with Crippen molar-refractivity contribution in [3.05, 3.63) is 122 Å². The summed E-state index contributed by atoms with van der Waals surface area (Å²) in [6.07, 6.45) is 5.34. The monoisotopic (exact) mass is 580 g/mol. The predicted octanol–water partition coefficient (Wildman–Crippen LogP) is 7.82. The summed E-state index contributed by atoms with van der Waals surface area (Å²) in [5.41, 5.74) is 5.51. The quantitative estimate of drug-likeness (QED) is 0.210. The number of pyridine rings is 3. The van der Waals surface area contributed by atoms with Gasteiger partial charge in [0.05, 0.1) is 5.52 Å². The number of furan rings is 1. The second-order valence-corrected chi connectivity index (χ2v) is 10.8. The van der Waals surface area contributed by atoms with Crippen molar-refractivity contribution in [3.63, 3.8) is 0 Å². The number of hydrogen-bond acceptors (Lipinski definition) is 7. The SMILES string of the molecule is c1ccc2c(c1)oc1cccc(-c3nc(-n4c5ccccc5c5cccnc54)nc(-n4c5ncccc5c5cccnc54)n3)c12. The Morgan fingerprint density at radius 2 is 1.00 bits per heavy atom. The van der Waals surface area contributed by atoms with Crippen molar-refractivity contribution in [1.82, 2.24) is 39.0 Å². The molecule has 0 radical (unpaired) electrons. The maximum absolute atomic E-state index is 6.24. The number of benzene rings is 3. The van der Waals surface area contributed by atoms with Crippen LogP contribution in [0, 0.1) is 0 Å². The molecule has 0 saturated carbocycles. The van der Waals surface area contributed by atoms with Gasteiger partial charge >= 0.3 is 0 Å². The fourth-order valence-electron chi connectivity index (χ4n) is 6.49. The number of fused-ring (bicyclic) bond motifs is 9. The van der Waals surface area contributed by atoms with Gasteiger partial charge in [0.1, 0.15) is 28.1 Å². The summed E-state index contributed by atoms with van der Waals surface area (Å²) >= 11 is 0. The number of rotatable bonds is 3. The van der Waals surface area contributed by atoms with Crippen LogP contribution in [0.15, 0.2) is 126 Å². The standard InChI is InChI=1S/C36H20N8O/c1-3-15-27-21(9-1)22-12-6-18-37-32(22)43(27)35-40-31(26-11-5-17-29-30(26)25-10-2-4-16-28(25)45-29)41-36(42-35)44-33-23(13-7-19-38-33)24-14-8-20-39-34(24)44/h1-20H. The van der Waals surface area contributed by atoms with Crippen LogP contribution < -0.4 is 0 Å². The van der Waals surface area contributed by atoms with E-state index in [2.05, 4.69) is 24.3 Å². The van der Waals surface area contributed by atoms with E-state index in [0.29, 0.717) is 29.0 Å². The number of aromatic nitrogens is 8. The van der Waals surface area contributed by atoms with E-state index in [1.807, 2.05) is 88.0 Å². The third-order valence-electron chi connectivity index (χ3n) is 8.38. The Kier molecular flexibility index (Phi) is 4.81. The highest BCUT2D eigenvalue weighted by Gasteiger charge is 2.23. The number of hydrogen-bond donors (Lipinski definition) is 0. The van der Waals surface area contributed by atoms with Crippen LogP contribution in [0.1, 0.15) is 0 Å². The molecule has 3 aromatic carbocycles. The Hall–Kier alpha value is -6.48. The molecule has 9 nitrogen and oxygen atoms in total. The maximum atomic E-state index is 6.24. The minimum Gasteiger partial charge on any atom is -0.456 e. The zero-order valence-electron chi connectivity index (χ0n) is 23.5. The lowest BCUT2D eigenvalue weighted by atomic mass is 10.1. The van der Waals surface area contributed by atoms with Gasteiger partial charge in [-0.3, -0.25) is 4.57 Å². The first-order valence-electron chi connectivity index (χ1n) is 14.6. The number of nitrogens with zero attached hydrogens (tertiary/aromatic N) is 8. The van der Waals surface area contributed by atoms with Crippen molar-refractivity contribution in [2.75, 3.05) is 0 Å². The first-order chi connectivity index (χ1) is 22.3. The fraction of sp³-hybridized carbons (Fsp3) is 0. The van der Waals surface area contributed by atoms with Crippen LogP contribution in [-0.2, 0) is 0 Å². The molecule has 0 aliphatic carbocycles. The van der Waals surface area contributed by atoms with Crippen LogP contribution in [0.4, 0.5) is 0 Å². The van der Waals surface area contributed by atoms with E-state index in [1.165, 1.54) is 0 Å². The van der Waals surface area contributed by atoms with Crippen LogP contribution in [0.5, 0.6) is 0 Å². The van der Waals surface area contributed by atoms with Crippen LogP contribution in [0.25, 0.3) is 89.2 Å². The van der Waals surface area contributed by atoms with Crippen molar-refractivity contribution in [1.29, 1.82) is 0 Å². The van der Waals surface area contributed by atoms with Gasteiger partial charge < -0.3 is 4.42 Å². The minimum atomic E-state index is 0.402. The van der Waals surface area contributed by atoms with Crippen LogP contribution >= 0.6 is 0 Å². The molecule has 45 heavy (non-hydrogen) atoms. The highest BCUT2D eigenvalue weighted by Crippen LogP contribution is 2.37.